The Morgan fingerprint density at radius 2 is 1.96 bits per heavy atom. The average Bonchev–Trinajstić information content (AvgIpc) is 3.34. The summed E-state index contributed by atoms with van der Waals surface area (Å²) in [6, 6.07) is 6.07. The number of aryl methyl sites for hydroxylation is 1. The lowest BCUT2D eigenvalue weighted by atomic mass is 10.2. The summed E-state index contributed by atoms with van der Waals surface area (Å²) in [5, 5.41) is 7.68. The van der Waals surface area contributed by atoms with Crippen LogP contribution in [0.3, 0.4) is 0 Å². The van der Waals surface area contributed by atoms with E-state index in [1.54, 1.807) is 25.5 Å². The molecule has 1 heterocycles. The van der Waals surface area contributed by atoms with Crippen molar-refractivity contribution in [3.63, 3.8) is 0 Å². The van der Waals surface area contributed by atoms with Gasteiger partial charge in [-0.2, -0.15) is 0 Å². The maximum Gasteiger partial charge on any atom is 0.191 e. The van der Waals surface area contributed by atoms with E-state index in [0.29, 0.717) is 19.2 Å². The van der Waals surface area contributed by atoms with Gasteiger partial charge in [-0.1, -0.05) is 6.07 Å². The second kappa shape index (κ2) is 11.5. The molecule has 0 radical (unpaired) electrons. The zero-order valence-corrected chi connectivity index (χ0v) is 19.8. The van der Waals surface area contributed by atoms with Crippen LogP contribution in [0.1, 0.15) is 41.1 Å². The molecular formula is C20H29IN4O2S. The predicted molar refractivity (Wildman–Crippen MR) is 125 cm³/mol. The molecule has 8 heteroatoms. The summed E-state index contributed by atoms with van der Waals surface area (Å²) in [4.78, 5) is 9.85. The van der Waals surface area contributed by atoms with Crippen LogP contribution in [0.4, 0.5) is 0 Å². The Labute approximate surface area is 188 Å². The first-order valence-electron chi connectivity index (χ1n) is 9.37. The lowest BCUT2D eigenvalue weighted by Gasteiger charge is -2.17. The number of halogens is 1. The number of benzene rings is 1. The van der Waals surface area contributed by atoms with Gasteiger partial charge in [-0.25, -0.2) is 4.98 Å². The van der Waals surface area contributed by atoms with Gasteiger partial charge in [0.15, 0.2) is 17.5 Å². The first kappa shape index (κ1) is 22.7. The fourth-order valence-electron chi connectivity index (χ4n) is 3.16. The Morgan fingerprint density at radius 1 is 1.21 bits per heavy atom. The van der Waals surface area contributed by atoms with Crippen molar-refractivity contribution in [3.8, 4) is 11.5 Å². The summed E-state index contributed by atoms with van der Waals surface area (Å²) < 4.78 is 11.6. The van der Waals surface area contributed by atoms with Crippen LogP contribution in [-0.4, -0.2) is 31.2 Å². The summed E-state index contributed by atoms with van der Waals surface area (Å²) in [7, 11) is 3.45. The summed E-state index contributed by atoms with van der Waals surface area (Å²) >= 11 is 1.69. The minimum atomic E-state index is 0. The summed E-state index contributed by atoms with van der Waals surface area (Å²) in [6.45, 7) is 3.38. The molecular weight excluding hydrogens is 487 g/mol. The van der Waals surface area contributed by atoms with E-state index in [1.165, 1.54) is 17.7 Å². The average molecular weight is 516 g/mol. The molecule has 2 N–H and O–H groups in total. The molecule has 2 aromatic rings. The number of rotatable bonds is 7. The number of ether oxygens (including phenoxy) is 2. The van der Waals surface area contributed by atoms with Crippen LogP contribution in [0.15, 0.2) is 29.4 Å². The van der Waals surface area contributed by atoms with Gasteiger partial charge in [0.25, 0.3) is 0 Å². The van der Waals surface area contributed by atoms with Crippen molar-refractivity contribution in [1.29, 1.82) is 0 Å². The van der Waals surface area contributed by atoms with Gasteiger partial charge in [0.05, 0.1) is 19.8 Å². The molecule has 1 aliphatic carbocycles. The van der Waals surface area contributed by atoms with Crippen LogP contribution in [0, 0.1) is 6.92 Å². The zero-order chi connectivity index (χ0) is 19.1. The quantitative estimate of drug-likeness (QED) is 0.327. The van der Waals surface area contributed by atoms with Crippen molar-refractivity contribution in [2.45, 2.75) is 51.8 Å². The minimum absolute atomic E-state index is 0. The fourth-order valence-corrected chi connectivity index (χ4v) is 3.88. The van der Waals surface area contributed by atoms with E-state index >= 15 is 0 Å². The summed E-state index contributed by atoms with van der Waals surface area (Å²) in [5.74, 6) is 2.36. The number of aromatic nitrogens is 1. The van der Waals surface area contributed by atoms with Gasteiger partial charge in [0.1, 0.15) is 5.01 Å². The van der Waals surface area contributed by atoms with Crippen LogP contribution >= 0.6 is 35.3 Å². The molecule has 3 rings (SSSR count). The topological polar surface area (TPSA) is 67.8 Å². The Hall–Kier alpha value is -1.55. The molecule has 0 aliphatic heterocycles. The van der Waals surface area contributed by atoms with Crippen LogP contribution in [0.5, 0.6) is 11.5 Å². The molecule has 1 fully saturated rings. The van der Waals surface area contributed by atoms with Gasteiger partial charge >= 0.3 is 0 Å². The highest BCUT2D eigenvalue weighted by molar-refractivity contribution is 14.0. The van der Waals surface area contributed by atoms with Crippen LogP contribution in [0.25, 0.3) is 0 Å². The second-order valence-corrected chi connectivity index (χ2v) is 7.97. The van der Waals surface area contributed by atoms with E-state index in [9.17, 15) is 0 Å². The van der Waals surface area contributed by atoms with Crippen molar-refractivity contribution in [3.05, 3.63) is 39.8 Å². The highest BCUT2D eigenvalue weighted by Crippen LogP contribution is 2.32. The number of hydrogen-bond acceptors (Lipinski definition) is 5. The van der Waals surface area contributed by atoms with Gasteiger partial charge in [-0.15, -0.1) is 35.3 Å². The van der Waals surface area contributed by atoms with Crippen molar-refractivity contribution >= 4 is 41.3 Å². The lowest BCUT2D eigenvalue weighted by molar-refractivity contribution is 0.200. The second-order valence-electron chi connectivity index (χ2n) is 6.65. The predicted octanol–water partition coefficient (Wildman–Crippen LogP) is 4.26. The van der Waals surface area contributed by atoms with E-state index in [0.717, 1.165) is 40.9 Å². The van der Waals surface area contributed by atoms with Crippen LogP contribution in [0.2, 0.25) is 0 Å². The third-order valence-electron chi connectivity index (χ3n) is 4.58. The van der Waals surface area contributed by atoms with Gasteiger partial charge in [-0.05, 0) is 50.3 Å². The number of hydrogen-bond donors (Lipinski definition) is 2. The Balaban J connectivity index is 0.00000280. The molecule has 0 bridgehead atoms. The van der Waals surface area contributed by atoms with E-state index in [1.807, 2.05) is 18.3 Å². The van der Waals surface area contributed by atoms with Crippen molar-refractivity contribution in [2.75, 3.05) is 14.2 Å². The van der Waals surface area contributed by atoms with E-state index in [2.05, 4.69) is 33.6 Å². The van der Waals surface area contributed by atoms with Crippen molar-refractivity contribution in [1.82, 2.24) is 15.6 Å². The highest BCUT2D eigenvalue weighted by atomic mass is 127. The molecule has 0 atom stereocenters. The monoisotopic (exact) mass is 516 g/mol. The molecule has 28 heavy (non-hydrogen) atoms. The van der Waals surface area contributed by atoms with Gasteiger partial charge in [-0.3, -0.25) is 4.99 Å². The lowest BCUT2D eigenvalue weighted by Crippen LogP contribution is -2.36. The molecule has 154 valence electrons. The van der Waals surface area contributed by atoms with Gasteiger partial charge in [0.2, 0.25) is 0 Å². The largest absolute Gasteiger partial charge is 0.493 e. The first-order valence-corrected chi connectivity index (χ1v) is 10.2. The smallest absolute Gasteiger partial charge is 0.191 e. The van der Waals surface area contributed by atoms with E-state index in [-0.39, 0.29) is 24.0 Å². The Morgan fingerprint density at radius 3 is 2.61 bits per heavy atom. The number of thiazole rings is 1. The molecule has 0 unspecified atom stereocenters. The Bertz CT molecular complexity index is 775. The molecule has 0 spiro atoms. The Kier molecular flexibility index (Phi) is 9.30. The van der Waals surface area contributed by atoms with Gasteiger partial charge in [0, 0.05) is 24.7 Å². The molecule has 1 aromatic heterocycles. The number of nitrogens with zero attached hydrogens (tertiary/aromatic N) is 2. The number of aliphatic imine (C=N–C) groups is 1. The SMILES string of the molecule is CN=C(NCc1ccc(OC)c(OC2CCCC2)c1)NCc1ncc(C)s1.I. The molecule has 0 saturated heterocycles. The third-order valence-corrected chi connectivity index (χ3v) is 5.50. The first-order chi connectivity index (χ1) is 13.2. The standard InChI is InChI=1S/C20H28N4O2S.HI/c1-14-11-22-19(27-14)13-24-20(21-2)23-12-15-8-9-17(25-3)18(10-15)26-16-6-4-5-7-16;/h8-11,16H,4-7,12-13H2,1-3H3,(H2,21,23,24);1H. The highest BCUT2D eigenvalue weighted by Gasteiger charge is 2.18. The molecule has 1 saturated carbocycles. The summed E-state index contributed by atoms with van der Waals surface area (Å²) in [5.41, 5.74) is 1.12. The van der Waals surface area contributed by atoms with E-state index in [4.69, 9.17) is 9.47 Å². The number of guanidine groups is 1. The molecule has 6 nitrogen and oxygen atoms in total. The zero-order valence-electron chi connectivity index (χ0n) is 16.7. The van der Waals surface area contributed by atoms with Gasteiger partial charge < -0.3 is 20.1 Å². The molecule has 1 aromatic carbocycles. The van der Waals surface area contributed by atoms with Crippen molar-refractivity contribution < 1.29 is 9.47 Å². The molecule has 0 amide bonds. The number of nitrogens with one attached hydrogen (secondary N) is 2. The fraction of sp³-hybridized carbons (Fsp3) is 0.500. The van der Waals surface area contributed by atoms with Crippen molar-refractivity contribution in [2.24, 2.45) is 4.99 Å². The molecule has 1 aliphatic rings. The minimum Gasteiger partial charge on any atom is -0.493 e. The maximum atomic E-state index is 6.17. The van der Waals surface area contributed by atoms with Crippen LogP contribution < -0.4 is 20.1 Å². The number of methoxy groups -OCH3 is 1. The third kappa shape index (κ3) is 6.51. The maximum absolute atomic E-state index is 6.17. The summed E-state index contributed by atoms with van der Waals surface area (Å²) in [6.07, 6.45) is 6.93. The van der Waals surface area contributed by atoms with E-state index < -0.39 is 0 Å². The normalized spacial score (nSPS) is 14.5. The van der Waals surface area contributed by atoms with Crippen LogP contribution in [-0.2, 0) is 13.1 Å².